The molecule has 0 radical (unpaired) electrons. The summed E-state index contributed by atoms with van der Waals surface area (Å²) in [4.78, 5) is 16.6. The van der Waals surface area contributed by atoms with Gasteiger partial charge >= 0.3 is 0 Å². The first-order chi connectivity index (χ1) is 9.22. The van der Waals surface area contributed by atoms with Crippen molar-refractivity contribution >= 4 is 22.6 Å². The van der Waals surface area contributed by atoms with Gasteiger partial charge in [-0.15, -0.1) is 0 Å². The Balaban J connectivity index is 2.17. The number of fused-ring (bicyclic) bond motifs is 1. The number of aryl methyl sites for hydroxylation is 2. The lowest BCUT2D eigenvalue weighted by Gasteiger charge is -2.00. The standard InChI is InChI=1S/C14H13N3OS/c1-3-10-4-6-11(7-5-10)13-12(8-18)17-14(15-13)19-9(2)16-17/h4-8H,3H2,1-2H3. The maximum absolute atomic E-state index is 11.3. The quantitative estimate of drug-likeness (QED) is 0.687. The van der Waals surface area contributed by atoms with Crippen LogP contribution in [0, 0.1) is 6.92 Å². The lowest BCUT2D eigenvalue weighted by Crippen LogP contribution is -1.94. The van der Waals surface area contributed by atoms with E-state index in [9.17, 15) is 4.79 Å². The minimum atomic E-state index is 0.517. The second-order valence-electron chi connectivity index (χ2n) is 4.33. The molecule has 1 aromatic carbocycles. The summed E-state index contributed by atoms with van der Waals surface area (Å²) in [5.74, 6) is 0. The summed E-state index contributed by atoms with van der Waals surface area (Å²) in [5.41, 5.74) is 3.45. The molecule has 19 heavy (non-hydrogen) atoms. The molecule has 0 atom stereocenters. The van der Waals surface area contributed by atoms with E-state index in [2.05, 4.69) is 29.1 Å². The van der Waals surface area contributed by atoms with E-state index < -0.39 is 0 Å². The van der Waals surface area contributed by atoms with Crippen molar-refractivity contribution in [2.75, 3.05) is 0 Å². The van der Waals surface area contributed by atoms with Gasteiger partial charge in [0.25, 0.3) is 0 Å². The van der Waals surface area contributed by atoms with Gasteiger partial charge in [-0.2, -0.15) is 9.61 Å². The van der Waals surface area contributed by atoms with Gasteiger partial charge in [-0.3, -0.25) is 4.79 Å². The molecule has 0 fully saturated rings. The van der Waals surface area contributed by atoms with E-state index >= 15 is 0 Å². The van der Waals surface area contributed by atoms with Crippen molar-refractivity contribution in [2.24, 2.45) is 0 Å². The van der Waals surface area contributed by atoms with Crippen molar-refractivity contribution in [3.8, 4) is 11.3 Å². The van der Waals surface area contributed by atoms with Crippen molar-refractivity contribution < 1.29 is 4.79 Å². The SMILES string of the molecule is CCc1ccc(-c2nc3sc(C)nn3c2C=O)cc1. The Morgan fingerprint density at radius 3 is 2.68 bits per heavy atom. The highest BCUT2D eigenvalue weighted by molar-refractivity contribution is 7.16. The maximum Gasteiger partial charge on any atom is 0.213 e. The number of aromatic nitrogens is 3. The zero-order valence-corrected chi connectivity index (χ0v) is 11.6. The summed E-state index contributed by atoms with van der Waals surface area (Å²) in [6.45, 7) is 4.02. The molecule has 0 aliphatic heterocycles. The number of carbonyl (C=O) groups excluding carboxylic acids is 1. The molecule has 0 bridgehead atoms. The van der Waals surface area contributed by atoms with Gasteiger partial charge < -0.3 is 0 Å². The van der Waals surface area contributed by atoms with Crippen LogP contribution in [0.1, 0.15) is 28.0 Å². The van der Waals surface area contributed by atoms with Gasteiger partial charge in [0.1, 0.15) is 16.4 Å². The number of imidazole rings is 1. The number of hydrogen-bond acceptors (Lipinski definition) is 4. The average molecular weight is 271 g/mol. The van der Waals surface area contributed by atoms with Crippen LogP contribution in [0.5, 0.6) is 0 Å². The molecular formula is C14H13N3OS. The lowest BCUT2D eigenvalue weighted by atomic mass is 10.1. The van der Waals surface area contributed by atoms with Crippen LogP contribution in [0.3, 0.4) is 0 Å². The number of hydrogen-bond donors (Lipinski definition) is 0. The Labute approximate surface area is 114 Å². The highest BCUT2D eigenvalue weighted by Gasteiger charge is 2.16. The smallest absolute Gasteiger partial charge is 0.213 e. The van der Waals surface area contributed by atoms with E-state index in [0.29, 0.717) is 11.4 Å². The molecule has 0 unspecified atom stereocenters. The topological polar surface area (TPSA) is 47.3 Å². The van der Waals surface area contributed by atoms with Gasteiger partial charge in [-0.1, -0.05) is 42.5 Å². The van der Waals surface area contributed by atoms with Gasteiger partial charge in [0.2, 0.25) is 4.96 Å². The first-order valence-corrected chi connectivity index (χ1v) is 6.95. The third kappa shape index (κ3) is 1.96. The van der Waals surface area contributed by atoms with Crippen LogP contribution in [-0.2, 0) is 6.42 Å². The van der Waals surface area contributed by atoms with E-state index in [0.717, 1.165) is 28.2 Å². The second kappa shape index (κ2) is 4.59. The molecule has 0 saturated carbocycles. The predicted molar refractivity (Wildman–Crippen MR) is 75.8 cm³/mol. The van der Waals surface area contributed by atoms with Crippen LogP contribution in [0.25, 0.3) is 16.2 Å². The summed E-state index contributed by atoms with van der Waals surface area (Å²) in [5, 5.41) is 5.21. The molecule has 2 heterocycles. The average Bonchev–Trinajstić information content (AvgIpc) is 2.94. The molecule has 0 spiro atoms. The van der Waals surface area contributed by atoms with E-state index in [1.807, 2.05) is 19.1 Å². The fourth-order valence-corrected chi connectivity index (χ4v) is 2.83. The van der Waals surface area contributed by atoms with Crippen LogP contribution in [-0.4, -0.2) is 20.9 Å². The molecule has 2 aromatic heterocycles. The van der Waals surface area contributed by atoms with Gasteiger partial charge in [0.15, 0.2) is 6.29 Å². The van der Waals surface area contributed by atoms with E-state index in [-0.39, 0.29) is 0 Å². The highest BCUT2D eigenvalue weighted by atomic mass is 32.1. The zero-order chi connectivity index (χ0) is 13.4. The largest absolute Gasteiger partial charge is 0.296 e. The predicted octanol–water partition coefficient (Wildman–Crippen LogP) is 3.14. The third-order valence-electron chi connectivity index (χ3n) is 3.09. The molecule has 3 aromatic rings. The molecule has 0 N–H and O–H groups in total. The molecule has 4 nitrogen and oxygen atoms in total. The molecule has 0 saturated heterocycles. The van der Waals surface area contributed by atoms with E-state index in [1.54, 1.807) is 4.52 Å². The van der Waals surface area contributed by atoms with Crippen molar-refractivity contribution in [3.63, 3.8) is 0 Å². The zero-order valence-electron chi connectivity index (χ0n) is 10.8. The van der Waals surface area contributed by atoms with E-state index in [4.69, 9.17) is 0 Å². The van der Waals surface area contributed by atoms with Gasteiger partial charge in [-0.05, 0) is 18.9 Å². The summed E-state index contributed by atoms with van der Waals surface area (Å²) in [6, 6.07) is 8.14. The van der Waals surface area contributed by atoms with Crippen LogP contribution in [0.4, 0.5) is 0 Å². The molecule has 0 aliphatic carbocycles. The Morgan fingerprint density at radius 2 is 2.05 bits per heavy atom. The Hall–Kier alpha value is -2.01. The van der Waals surface area contributed by atoms with Crippen LogP contribution >= 0.6 is 11.3 Å². The van der Waals surface area contributed by atoms with Gasteiger partial charge in [-0.25, -0.2) is 4.98 Å². The maximum atomic E-state index is 11.3. The summed E-state index contributed by atoms with van der Waals surface area (Å²) in [7, 11) is 0. The fraction of sp³-hybridized carbons (Fsp3) is 0.214. The third-order valence-corrected chi connectivity index (χ3v) is 3.91. The molecular weight excluding hydrogens is 258 g/mol. The number of benzene rings is 1. The lowest BCUT2D eigenvalue weighted by molar-refractivity contribution is 0.111. The molecule has 0 amide bonds. The molecule has 0 aliphatic rings. The van der Waals surface area contributed by atoms with E-state index in [1.165, 1.54) is 16.9 Å². The molecule has 3 rings (SSSR count). The minimum Gasteiger partial charge on any atom is -0.296 e. The second-order valence-corrected chi connectivity index (χ2v) is 5.49. The number of rotatable bonds is 3. The van der Waals surface area contributed by atoms with Crippen molar-refractivity contribution in [3.05, 3.63) is 40.5 Å². The van der Waals surface area contributed by atoms with Crippen LogP contribution < -0.4 is 0 Å². The first-order valence-electron chi connectivity index (χ1n) is 6.13. The number of aldehydes is 1. The molecule has 5 heteroatoms. The summed E-state index contributed by atoms with van der Waals surface area (Å²) >= 11 is 1.49. The van der Waals surface area contributed by atoms with Crippen molar-refractivity contribution in [1.82, 2.24) is 14.6 Å². The highest BCUT2D eigenvalue weighted by Crippen LogP contribution is 2.26. The van der Waals surface area contributed by atoms with Crippen LogP contribution in [0.2, 0.25) is 0 Å². The number of nitrogens with zero attached hydrogens (tertiary/aromatic N) is 3. The van der Waals surface area contributed by atoms with Crippen molar-refractivity contribution in [1.29, 1.82) is 0 Å². The Bertz CT molecular complexity index is 740. The fourth-order valence-electron chi connectivity index (χ4n) is 2.08. The summed E-state index contributed by atoms with van der Waals surface area (Å²) in [6.07, 6.45) is 1.82. The number of carbonyl (C=O) groups is 1. The van der Waals surface area contributed by atoms with Gasteiger partial charge in [0, 0.05) is 5.56 Å². The monoisotopic (exact) mass is 271 g/mol. The van der Waals surface area contributed by atoms with Crippen LogP contribution in [0.15, 0.2) is 24.3 Å². The van der Waals surface area contributed by atoms with Gasteiger partial charge in [0.05, 0.1) is 0 Å². The normalized spacial score (nSPS) is 11.1. The molecule has 96 valence electrons. The first kappa shape index (κ1) is 12.0. The van der Waals surface area contributed by atoms with Crippen molar-refractivity contribution in [2.45, 2.75) is 20.3 Å². The summed E-state index contributed by atoms with van der Waals surface area (Å²) < 4.78 is 1.62. The Morgan fingerprint density at radius 1 is 1.32 bits per heavy atom. The minimum absolute atomic E-state index is 0.517. The Kier molecular flexibility index (Phi) is 2.91.